The fraction of sp³-hybridized carbons (Fsp3) is 0.733. The first-order valence-corrected chi connectivity index (χ1v) is 7.54. The summed E-state index contributed by atoms with van der Waals surface area (Å²) in [6.45, 7) is 7.47. The van der Waals surface area contributed by atoms with Crippen LogP contribution in [0.5, 0.6) is 0 Å². The van der Waals surface area contributed by atoms with Crippen LogP contribution in [-0.4, -0.2) is 22.6 Å². The quantitative estimate of drug-likeness (QED) is 0.851. The molecule has 0 saturated heterocycles. The highest BCUT2D eigenvalue weighted by Gasteiger charge is 2.22. The van der Waals surface area contributed by atoms with Gasteiger partial charge in [-0.1, -0.05) is 26.7 Å². The molecule has 1 aromatic heterocycles. The van der Waals surface area contributed by atoms with Crippen molar-refractivity contribution in [3.8, 4) is 0 Å². The summed E-state index contributed by atoms with van der Waals surface area (Å²) in [4.78, 5) is 8.93. The lowest BCUT2D eigenvalue weighted by Crippen LogP contribution is -2.31. The summed E-state index contributed by atoms with van der Waals surface area (Å²) in [6.07, 6.45) is 8.25. The van der Waals surface area contributed by atoms with Crippen LogP contribution in [-0.2, 0) is 0 Å². The van der Waals surface area contributed by atoms with Crippen molar-refractivity contribution >= 4 is 11.8 Å². The SMILES string of the molecule is CCCNc1ncc(C)c(NC2CCCCC2C)n1. The zero-order chi connectivity index (χ0) is 13.7. The van der Waals surface area contributed by atoms with Gasteiger partial charge in [-0.3, -0.25) is 0 Å². The highest BCUT2D eigenvalue weighted by molar-refractivity contribution is 5.47. The number of nitrogens with one attached hydrogen (secondary N) is 2. The van der Waals surface area contributed by atoms with Crippen LogP contribution in [0.2, 0.25) is 0 Å². The molecule has 19 heavy (non-hydrogen) atoms. The second-order valence-electron chi connectivity index (χ2n) is 5.66. The number of rotatable bonds is 5. The van der Waals surface area contributed by atoms with Gasteiger partial charge in [0.05, 0.1) is 0 Å². The fourth-order valence-corrected chi connectivity index (χ4v) is 2.62. The monoisotopic (exact) mass is 262 g/mol. The van der Waals surface area contributed by atoms with Crippen LogP contribution in [0.15, 0.2) is 6.20 Å². The van der Waals surface area contributed by atoms with Gasteiger partial charge < -0.3 is 10.6 Å². The van der Waals surface area contributed by atoms with Crippen molar-refractivity contribution in [2.75, 3.05) is 17.2 Å². The first-order valence-electron chi connectivity index (χ1n) is 7.54. The molecule has 1 aliphatic carbocycles. The van der Waals surface area contributed by atoms with Crippen LogP contribution >= 0.6 is 0 Å². The number of aryl methyl sites for hydroxylation is 1. The van der Waals surface area contributed by atoms with Crippen molar-refractivity contribution in [3.63, 3.8) is 0 Å². The molecule has 4 heteroatoms. The molecule has 1 aromatic rings. The molecule has 0 spiro atoms. The maximum Gasteiger partial charge on any atom is 0.224 e. The second kappa shape index (κ2) is 6.73. The van der Waals surface area contributed by atoms with Gasteiger partial charge in [0, 0.05) is 24.3 Å². The third-order valence-electron chi connectivity index (χ3n) is 3.94. The Morgan fingerprint density at radius 1 is 1.32 bits per heavy atom. The Balaban J connectivity index is 2.05. The lowest BCUT2D eigenvalue weighted by Gasteiger charge is -2.30. The predicted octanol–water partition coefficient (Wildman–Crippen LogP) is 3.60. The van der Waals surface area contributed by atoms with Gasteiger partial charge in [-0.15, -0.1) is 0 Å². The minimum atomic E-state index is 0.557. The summed E-state index contributed by atoms with van der Waals surface area (Å²) in [7, 11) is 0. The second-order valence-corrected chi connectivity index (χ2v) is 5.66. The van der Waals surface area contributed by atoms with E-state index in [1.54, 1.807) is 0 Å². The predicted molar refractivity (Wildman–Crippen MR) is 80.6 cm³/mol. The van der Waals surface area contributed by atoms with Crippen LogP contribution < -0.4 is 10.6 Å². The summed E-state index contributed by atoms with van der Waals surface area (Å²) in [5, 5.41) is 6.87. The summed E-state index contributed by atoms with van der Waals surface area (Å²) < 4.78 is 0. The highest BCUT2D eigenvalue weighted by Crippen LogP contribution is 2.27. The minimum absolute atomic E-state index is 0.557. The molecule has 2 N–H and O–H groups in total. The van der Waals surface area contributed by atoms with Crippen molar-refractivity contribution in [1.82, 2.24) is 9.97 Å². The fourth-order valence-electron chi connectivity index (χ4n) is 2.62. The number of hydrogen-bond donors (Lipinski definition) is 2. The molecule has 2 rings (SSSR count). The molecule has 1 fully saturated rings. The van der Waals surface area contributed by atoms with E-state index in [2.05, 4.69) is 41.4 Å². The Kier molecular flexibility index (Phi) is 5.00. The lowest BCUT2D eigenvalue weighted by molar-refractivity contribution is 0.349. The molecule has 0 amide bonds. The Labute approximate surface area is 116 Å². The molecule has 4 nitrogen and oxygen atoms in total. The third-order valence-corrected chi connectivity index (χ3v) is 3.94. The lowest BCUT2D eigenvalue weighted by atomic mass is 9.86. The van der Waals surface area contributed by atoms with Gasteiger partial charge in [0.15, 0.2) is 0 Å². The minimum Gasteiger partial charge on any atom is -0.367 e. The molecule has 0 bridgehead atoms. The average Bonchev–Trinajstić information content (AvgIpc) is 2.42. The molecule has 2 unspecified atom stereocenters. The number of hydrogen-bond acceptors (Lipinski definition) is 4. The maximum atomic E-state index is 4.61. The van der Waals surface area contributed by atoms with Crippen LogP contribution in [0, 0.1) is 12.8 Å². The van der Waals surface area contributed by atoms with Crippen LogP contribution in [0.3, 0.4) is 0 Å². The maximum absolute atomic E-state index is 4.61. The highest BCUT2D eigenvalue weighted by atomic mass is 15.1. The van der Waals surface area contributed by atoms with Crippen LogP contribution in [0.25, 0.3) is 0 Å². The molecule has 1 heterocycles. The summed E-state index contributed by atoms with van der Waals surface area (Å²) in [6, 6.07) is 0.557. The first kappa shape index (κ1) is 14.1. The number of anilines is 2. The van der Waals surface area contributed by atoms with Gasteiger partial charge in [0.1, 0.15) is 5.82 Å². The van der Waals surface area contributed by atoms with E-state index in [1.165, 1.54) is 25.7 Å². The normalized spacial score (nSPS) is 23.1. The molecular formula is C15H26N4. The Bertz CT molecular complexity index is 405. The largest absolute Gasteiger partial charge is 0.367 e. The van der Waals surface area contributed by atoms with E-state index in [9.17, 15) is 0 Å². The molecule has 1 aliphatic rings. The van der Waals surface area contributed by atoms with Crippen LogP contribution in [0.4, 0.5) is 11.8 Å². The molecule has 106 valence electrons. The van der Waals surface area contributed by atoms with Crippen molar-refractivity contribution < 1.29 is 0 Å². The van der Waals surface area contributed by atoms with Crippen molar-refractivity contribution in [2.45, 2.75) is 58.9 Å². The van der Waals surface area contributed by atoms with Crippen LogP contribution in [0.1, 0.15) is 51.5 Å². The molecule has 2 atom stereocenters. The van der Waals surface area contributed by atoms with E-state index in [0.717, 1.165) is 36.2 Å². The van der Waals surface area contributed by atoms with Gasteiger partial charge in [-0.05, 0) is 32.1 Å². The molecule has 0 radical (unpaired) electrons. The smallest absolute Gasteiger partial charge is 0.224 e. The molecular weight excluding hydrogens is 236 g/mol. The summed E-state index contributed by atoms with van der Waals surface area (Å²) in [5.41, 5.74) is 1.12. The Morgan fingerprint density at radius 3 is 2.84 bits per heavy atom. The molecule has 1 saturated carbocycles. The van der Waals surface area contributed by atoms with E-state index in [0.29, 0.717) is 6.04 Å². The Morgan fingerprint density at radius 2 is 2.11 bits per heavy atom. The van der Waals surface area contributed by atoms with E-state index in [-0.39, 0.29) is 0 Å². The third kappa shape index (κ3) is 3.82. The number of aromatic nitrogens is 2. The zero-order valence-electron chi connectivity index (χ0n) is 12.4. The van der Waals surface area contributed by atoms with E-state index < -0.39 is 0 Å². The Hall–Kier alpha value is -1.32. The van der Waals surface area contributed by atoms with E-state index in [1.807, 2.05) is 6.20 Å². The zero-order valence-corrected chi connectivity index (χ0v) is 12.4. The van der Waals surface area contributed by atoms with Crippen molar-refractivity contribution in [2.24, 2.45) is 5.92 Å². The van der Waals surface area contributed by atoms with Gasteiger partial charge in [0.25, 0.3) is 0 Å². The van der Waals surface area contributed by atoms with Gasteiger partial charge in [0.2, 0.25) is 5.95 Å². The standard InChI is InChI=1S/C15H26N4/c1-4-9-16-15-17-10-12(3)14(19-15)18-13-8-6-5-7-11(13)2/h10-11,13H,4-9H2,1-3H3,(H2,16,17,18,19). The van der Waals surface area contributed by atoms with Gasteiger partial charge in [-0.2, -0.15) is 4.98 Å². The summed E-state index contributed by atoms with van der Waals surface area (Å²) >= 11 is 0. The average molecular weight is 262 g/mol. The molecule has 0 aromatic carbocycles. The van der Waals surface area contributed by atoms with Crippen molar-refractivity contribution in [1.29, 1.82) is 0 Å². The van der Waals surface area contributed by atoms with Crippen molar-refractivity contribution in [3.05, 3.63) is 11.8 Å². The number of nitrogens with zero attached hydrogens (tertiary/aromatic N) is 2. The topological polar surface area (TPSA) is 49.8 Å². The van der Waals surface area contributed by atoms with E-state index in [4.69, 9.17) is 0 Å². The van der Waals surface area contributed by atoms with Gasteiger partial charge in [-0.25, -0.2) is 4.98 Å². The van der Waals surface area contributed by atoms with E-state index >= 15 is 0 Å². The molecule has 0 aliphatic heterocycles. The van der Waals surface area contributed by atoms with Gasteiger partial charge >= 0.3 is 0 Å². The summed E-state index contributed by atoms with van der Waals surface area (Å²) in [5.74, 6) is 2.46. The first-order chi connectivity index (χ1) is 9.20.